The van der Waals surface area contributed by atoms with E-state index in [0.717, 1.165) is 22.5 Å². The third-order valence-corrected chi connectivity index (χ3v) is 3.65. The zero-order valence-electron chi connectivity index (χ0n) is 12.1. The van der Waals surface area contributed by atoms with Crippen LogP contribution in [0.15, 0.2) is 48.7 Å². The van der Waals surface area contributed by atoms with Crippen molar-refractivity contribution in [2.75, 3.05) is 12.8 Å². The predicted molar refractivity (Wildman–Crippen MR) is 83.6 cm³/mol. The number of likely N-dealkylation sites (N-methyl/N-ethyl adjacent to an activating group) is 1. The van der Waals surface area contributed by atoms with E-state index < -0.39 is 6.23 Å². The molecule has 2 aromatic rings. The molecule has 0 aliphatic carbocycles. The minimum absolute atomic E-state index is 0.595. The zero-order chi connectivity index (χ0) is 15.0. The molecule has 0 saturated heterocycles. The number of anilines is 1. The second-order valence-corrected chi connectivity index (χ2v) is 5.13. The lowest BCUT2D eigenvalue weighted by molar-refractivity contribution is 0.0980. The monoisotopic (exact) mass is 282 g/mol. The van der Waals surface area contributed by atoms with Crippen LogP contribution in [0.5, 0.6) is 0 Å². The van der Waals surface area contributed by atoms with Crippen molar-refractivity contribution in [2.24, 2.45) is 0 Å². The Morgan fingerprint density at radius 1 is 1.24 bits per heavy atom. The molecule has 108 valence electrons. The molecule has 3 rings (SSSR count). The smallest absolute Gasteiger partial charge is 0.145 e. The van der Waals surface area contributed by atoms with E-state index in [9.17, 15) is 5.11 Å². The lowest BCUT2D eigenvalue weighted by atomic mass is 10.1. The van der Waals surface area contributed by atoms with E-state index in [1.54, 1.807) is 15.7 Å². The summed E-state index contributed by atoms with van der Waals surface area (Å²) in [5, 5.41) is 14.3. The average Bonchev–Trinajstić information content (AvgIpc) is 2.79. The SMILES string of the molecule is Cc1c(C2=CN(C)C(O)C=C2)nn(-c2ccccc2)c1N. The third-order valence-electron chi connectivity index (χ3n) is 3.65. The Balaban J connectivity index is 2.06. The van der Waals surface area contributed by atoms with Gasteiger partial charge in [0.2, 0.25) is 0 Å². The zero-order valence-corrected chi connectivity index (χ0v) is 12.1. The molecule has 5 heteroatoms. The number of nitrogens with zero attached hydrogens (tertiary/aromatic N) is 3. The van der Waals surface area contributed by atoms with Crippen LogP contribution >= 0.6 is 0 Å². The van der Waals surface area contributed by atoms with Gasteiger partial charge in [0.25, 0.3) is 0 Å². The van der Waals surface area contributed by atoms with Gasteiger partial charge in [0.15, 0.2) is 0 Å². The molecule has 1 aromatic carbocycles. The minimum Gasteiger partial charge on any atom is -0.383 e. The lowest BCUT2D eigenvalue weighted by Gasteiger charge is -2.23. The summed E-state index contributed by atoms with van der Waals surface area (Å²) in [6, 6.07) is 9.80. The highest BCUT2D eigenvalue weighted by molar-refractivity contribution is 5.77. The molecule has 1 aromatic heterocycles. The quantitative estimate of drug-likeness (QED) is 0.883. The van der Waals surface area contributed by atoms with Gasteiger partial charge in [-0.1, -0.05) is 24.3 Å². The summed E-state index contributed by atoms with van der Waals surface area (Å²) < 4.78 is 1.74. The Bertz CT molecular complexity index is 715. The lowest BCUT2D eigenvalue weighted by Crippen LogP contribution is -2.26. The van der Waals surface area contributed by atoms with E-state index >= 15 is 0 Å². The molecule has 0 radical (unpaired) electrons. The van der Waals surface area contributed by atoms with E-state index in [2.05, 4.69) is 5.10 Å². The van der Waals surface area contributed by atoms with Crippen molar-refractivity contribution < 1.29 is 5.11 Å². The van der Waals surface area contributed by atoms with Gasteiger partial charge in [-0.2, -0.15) is 5.10 Å². The highest BCUT2D eigenvalue weighted by Gasteiger charge is 2.18. The maximum absolute atomic E-state index is 9.69. The fraction of sp³-hybridized carbons (Fsp3) is 0.188. The first-order valence-electron chi connectivity index (χ1n) is 6.79. The highest BCUT2D eigenvalue weighted by Crippen LogP contribution is 2.28. The molecule has 21 heavy (non-hydrogen) atoms. The Kier molecular flexibility index (Phi) is 3.27. The number of hydrogen-bond acceptors (Lipinski definition) is 4. The number of benzene rings is 1. The first-order chi connectivity index (χ1) is 10.1. The molecule has 1 atom stereocenters. The van der Waals surface area contributed by atoms with E-state index in [0.29, 0.717) is 5.82 Å². The summed E-state index contributed by atoms with van der Waals surface area (Å²) in [7, 11) is 1.82. The van der Waals surface area contributed by atoms with Gasteiger partial charge >= 0.3 is 0 Å². The van der Waals surface area contributed by atoms with Crippen molar-refractivity contribution in [1.29, 1.82) is 0 Å². The van der Waals surface area contributed by atoms with Crippen LogP contribution in [0.4, 0.5) is 5.82 Å². The van der Waals surface area contributed by atoms with E-state index in [-0.39, 0.29) is 0 Å². The minimum atomic E-state index is -0.595. The van der Waals surface area contributed by atoms with Crippen LogP contribution in [-0.2, 0) is 0 Å². The number of hydrogen-bond donors (Lipinski definition) is 2. The molecule has 0 saturated carbocycles. The fourth-order valence-electron chi connectivity index (χ4n) is 2.35. The first-order valence-corrected chi connectivity index (χ1v) is 6.79. The Labute approximate surface area is 123 Å². The highest BCUT2D eigenvalue weighted by atomic mass is 16.3. The van der Waals surface area contributed by atoms with E-state index in [1.165, 1.54) is 0 Å². The fourth-order valence-corrected chi connectivity index (χ4v) is 2.35. The predicted octanol–water partition coefficient (Wildman–Crippen LogP) is 1.92. The number of aromatic nitrogens is 2. The second-order valence-electron chi connectivity index (χ2n) is 5.13. The third kappa shape index (κ3) is 2.32. The standard InChI is InChI=1S/C16H18N4O/c1-11-15(12-8-9-14(21)19(2)10-12)18-20(16(11)17)13-6-4-3-5-7-13/h3-10,14,21H,17H2,1-2H3. The van der Waals surface area contributed by atoms with Crippen LogP contribution in [0.2, 0.25) is 0 Å². The molecule has 2 heterocycles. The molecule has 0 bridgehead atoms. The van der Waals surface area contributed by atoms with Crippen LogP contribution < -0.4 is 5.73 Å². The molecule has 0 spiro atoms. The largest absolute Gasteiger partial charge is 0.383 e. The molecule has 1 aliphatic heterocycles. The van der Waals surface area contributed by atoms with Crippen LogP contribution in [0.3, 0.4) is 0 Å². The van der Waals surface area contributed by atoms with Crippen molar-refractivity contribution in [1.82, 2.24) is 14.7 Å². The van der Waals surface area contributed by atoms with Crippen LogP contribution in [-0.4, -0.2) is 33.1 Å². The molecule has 5 nitrogen and oxygen atoms in total. The normalized spacial score (nSPS) is 18.0. The van der Waals surface area contributed by atoms with Crippen molar-refractivity contribution in [3.05, 3.63) is 59.9 Å². The van der Waals surface area contributed by atoms with Gasteiger partial charge in [-0.25, -0.2) is 4.68 Å². The van der Waals surface area contributed by atoms with Gasteiger partial charge in [-0.05, 0) is 25.1 Å². The number of aliphatic hydroxyl groups is 1. The van der Waals surface area contributed by atoms with E-state index in [1.807, 2.05) is 56.6 Å². The molecule has 0 amide bonds. The molecule has 1 aliphatic rings. The van der Waals surface area contributed by atoms with Crippen LogP contribution in [0.1, 0.15) is 11.3 Å². The van der Waals surface area contributed by atoms with Crippen LogP contribution in [0, 0.1) is 6.92 Å². The summed E-state index contributed by atoms with van der Waals surface area (Å²) in [6.45, 7) is 1.96. The topological polar surface area (TPSA) is 67.3 Å². The van der Waals surface area contributed by atoms with Crippen molar-refractivity contribution in [3.63, 3.8) is 0 Å². The molecular formula is C16H18N4O. The molecule has 0 fully saturated rings. The summed E-state index contributed by atoms with van der Waals surface area (Å²) >= 11 is 0. The van der Waals surface area contributed by atoms with Gasteiger partial charge in [-0.3, -0.25) is 0 Å². The Hall–Kier alpha value is -2.53. The maximum atomic E-state index is 9.69. The average molecular weight is 282 g/mol. The second kappa shape index (κ2) is 5.10. The number of allylic oxidation sites excluding steroid dienone is 2. The number of nitrogen functional groups attached to an aromatic ring is 1. The van der Waals surface area contributed by atoms with Gasteiger partial charge in [0, 0.05) is 24.4 Å². The molecular weight excluding hydrogens is 264 g/mol. The Morgan fingerprint density at radius 2 is 1.95 bits per heavy atom. The number of aliphatic hydroxyl groups excluding tert-OH is 1. The number of rotatable bonds is 2. The molecule has 3 N–H and O–H groups in total. The van der Waals surface area contributed by atoms with Crippen molar-refractivity contribution >= 4 is 11.4 Å². The number of para-hydroxylation sites is 1. The molecule has 1 unspecified atom stereocenters. The summed E-state index contributed by atoms with van der Waals surface area (Å²) in [5.41, 5.74) is 9.81. The van der Waals surface area contributed by atoms with Gasteiger partial charge in [-0.15, -0.1) is 0 Å². The van der Waals surface area contributed by atoms with Gasteiger partial charge in [0.1, 0.15) is 12.0 Å². The summed E-state index contributed by atoms with van der Waals surface area (Å²) in [4.78, 5) is 1.73. The maximum Gasteiger partial charge on any atom is 0.145 e. The van der Waals surface area contributed by atoms with Crippen molar-refractivity contribution in [3.8, 4) is 5.69 Å². The summed E-state index contributed by atoms with van der Waals surface area (Å²) in [5.74, 6) is 0.624. The summed E-state index contributed by atoms with van der Waals surface area (Å²) in [6.07, 6.45) is 4.87. The first kappa shape index (κ1) is 13.5. The number of nitrogens with two attached hydrogens (primary N) is 1. The van der Waals surface area contributed by atoms with Crippen LogP contribution in [0.25, 0.3) is 11.3 Å². The van der Waals surface area contributed by atoms with E-state index in [4.69, 9.17) is 5.73 Å². The van der Waals surface area contributed by atoms with Gasteiger partial charge < -0.3 is 15.7 Å². The van der Waals surface area contributed by atoms with Crippen molar-refractivity contribution in [2.45, 2.75) is 13.2 Å². The van der Waals surface area contributed by atoms with Gasteiger partial charge in [0.05, 0.1) is 11.4 Å². The Morgan fingerprint density at radius 3 is 2.62 bits per heavy atom.